The second-order valence-corrected chi connectivity index (χ2v) is 6.96. The number of amides is 1. The van der Waals surface area contributed by atoms with Gasteiger partial charge in [-0.05, 0) is 59.2 Å². The topological polar surface area (TPSA) is 33.2 Å². The second-order valence-electron chi connectivity index (χ2n) is 6.15. The Bertz CT molecular complexity index is 488. The van der Waals surface area contributed by atoms with Gasteiger partial charge in [0.15, 0.2) is 0 Å². The van der Waals surface area contributed by atoms with Crippen molar-refractivity contribution in [2.24, 2.45) is 11.8 Å². The molecular formula is C16H21BrN2O. The molecule has 1 saturated carbocycles. The maximum atomic E-state index is 12.7. The predicted molar refractivity (Wildman–Crippen MR) is 82.5 cm³/mol. The molecule has 0 N–H and O–H groups in total. The van der Waals surface area contributed by atoms with Crippen LogP contribution in [0.3, 0.4) is 0 Å². The summed E-state index contributed by atoms with van der Waals surface area (Å²) < 4.78 is 0.775. The van der Waals surface area contributed by atoms with E-state index in [1.807, 2.05) is 12.1 Å². The number of nitrogens with zero attached hydrogens (tertiary/aromatic N) is 2. The lowest BCUT2D eigenvalue weighted by Crippen LogP contribution is -2.52. The average Bonchev–Trinajstić information content (AvgIpc) is 2.48. The molecule has 0 radical (unpaired) electrons. The van der Waals surface area contributed by atoms with E-state index >= 15 is 0 Å². The molecule has 0 spiro atoms. The minimum Gasteiger partial charge on any atom is -0.335 e. The molecule has 3 nitrogen and oxygen atoms in total. The van der Waals surface area contributed by atoms with E-state index in [1.54, 1.807) is 6.20 Å². The summed E-state index contributed by atoms with van der Waals surface area (Å²) in [5.41, 5.74) is 0.715. The zero-order valence-electron chi connectivity index (χ0n) is 11.9. The molecule has 1 aromatic rings. The first-order valence-corrected chi connectivity index (χ1v) is 8.38. The number of fused-ring (bicyclic) bond motifs is 1. The van der Waals surface area contributed by atoms with Gasteiger partial charge in [0.05, 0.1) is 5.56 Å². The van der Waals surface area contributed by atoms with Crippen molar-refractivity contribution in [1.82, 2.24) is 9.88 Å². The standard InChI is InChI=1S/C16H21BrN2O/c1-11-8-9-19(14-5-3-2-4-13(11)14)16(20)12-6-7-15(17)18-10-12/h6-7,10-11,13-14H,2-5,8-9H2,1H3. The summed E-state index contributed by atoms with van der Waals surface area (Å²) in [4.78, 5) is 19.0. The molecule has 2 fully saturated rings. The van der Waals surface area contributed by atoms with E-state index in [1.165, 1.54) is 25.7 Å². The predicted octanol–water partition coefficient (Wildman–Crippen LogP) is 3.88. The molecule has 108 valence electrons. The number of carbonyl (C=O) groups excluding carboxylic acids is 1. The maximum absolute atomic E-state index is 12.7. The first-order valence-electron chi connectivity index (χ1n) is 7.59. The molecule has 1 aliphatic carbocycles. The van der Waals surface area contributed by atoms with E-state index < -0.39 is 0 Å². The summed E-state index contributed by atoms with van der Waals surface area (Å²) in [6, 6.07) is 4.16. The Morgan fingerprint density at radius 3 is 2.85 bits per heavy atom. The highest BCUT2D eigenvalue weighted by Gasteiger charge is 2.39. The molecule has 1 saturated heterocycles. The van der Waals surface area contributed by atoms with Gasteiger partial charge in [-0.3, -0.25) is 4.79 Å². The van der Waals surface area contributed by atoms with E-state index in [0.717, 1.165) is 23.5 Å². The molecule has 1 amide bonds. The van der Waals surface area contributed by atoms with E-state index in [-0.39, 0.29) is 5.91 Å². The van der Waals surface area contributed by atoms with Gasteiger partial charge < -0.3 is 4.90 Å². The van der Waals surface area contributed by atoms with Crippen LogP contribution in [0.25, 0.3) is 0 Å². The molecule has 2 aliphatic rings. The number of hydrogen-bond donors (Lipinski definition) is 0. The third kappa shape index (κ3) is 2.62. The number of pyridine rings is 1. The number of aromatic nitrogens is 1. The average molecular weight is 337 g/mol. The van der Waals surface area contributed by atoms with Gasteiger partial charge in [-0.1, -0.05) is 19.8 Å². The number of likely N-dealkylation sites (tertiary alicyclic amines) is 1. The van der Waals surface area contributed by atoms with E-state index in [0.29, 0.717) is 17.5 Å². The van der Waals surface area contributed by atoms with Gasteiger partial charge in [-0.25, -0.2) is 4.98 Å². The Kier molecular flexibility index (Phi) is 4.11. The van der Waals surface area contributed by atoms with Gasteiger partial charge in [0, 0.05) is 18.8 Å². The third-order valence-electron chi connectivity index (χ3n) is 4.97. The monoisotopic (exact) mass is 336 g/mol. The number of hydrogen-bond acceptors (Lipinski definition) is 2. The molecule has 3 atom stereocenters. The van der Waals surface area contributed by atoms with Crippen molar-refractivity contribution in [3.8, 4) is 0 Å². The first kappa shape index (κ1) is 14.1. The number of carbonyl (C=O) groups is 1. The van der Waals surface area contributed by atoms with Crippen molar-refractivity contribution in [3.05, 3.63) is 28.5 Å². The van der Waals surface area contributed by atoms with Crippen LogP contribution in [0.4, 0.5) is 0 Å². The largest absolute Gasteiger partial charge is 0.335 e. The van der Waals surface area contributed by atoms with Crippen LogP contribution in [0.5, 0.6) is 0 Å². The molecule has 1 aliphatic heterocycles. The van der Waals surface area contributed by atoms with Gasteiger partial charge in [-0.15, -0.1) is 0 Å². The summed E-state index contributed by atoms with van der Waals surface area (Å²) >= 11 is 3.32. The van der Waals surface area contributed by atoms with Crippen LogP contribution in [0.2, 0.25) is 0 Å². The van der Waals surface area contributed by atoms with Gasteiger partial charge in [0.1, 0.15) is 4.60 Å². The van der Waals surface area contributed by atoms with Crippen LogP contribution < -0.4 is 0 Å². The van der Waals surface area contributed by atoms with Gasteiger partial charge >= 0.3 is 0 Å². The Hall–Kier alpha value is -0.900. The van der Waals surface area contributed by atoms with Crippen LogP contribution in [0, 0.1) is 11.8 Å². The van der Waals surface area contributed by atoms with E-state index in [9.17, 15) is 4.79 Å². The SMILES string of the molecule is CC1CCN(C(=O)c2ccc(Br)nc2)C2CCCCC12. The fourth-order valence-corrected chi connectivity index (χ4v) is 4.07. The summed E-state index contributed by atoms with van der Waals surface area (Å²) in [7, 11) is 0. The normalized spacial score (nSPS) is 29.9. The van der Waals surface area contributed by atoms with Crippen LogP contribution in [-0.2, 0) is 0 Å². The molecule has 0 aromatic carbocycles. The molecule has 20 heavy (non-hydrogen) atoms. The smallest absolute Gasteiger partial charge is 0.255 e. The van der Waals surface area contributed by atoms with Crippen LogP contribution in [-0.4, -0.2) is 28.4 Å². The summed E-state index contributed by atoms with van der Waals surface area (Å²) in [6.45, 7) is 3.25. The highest BCUT2D eigenvalue weighted by Crippen LogP contribution is 2.39. The van der Waals surface area contributed by atoms with Gasteiger partial charge in [0.2, 0.25) is 0 Å². The van der Waals surface area contributed by atoms with Crippen molar-refractivity contribution < 1.29 is 4.79 Å². The lowest BCUT2D eigenvalue weighted by molar-refractivity contribution is 0.0217. The zero-order chi connectivity index (χ0) is 14.1. The lowest BCUT2D eigenvalue weighted by Gasteiger charge is -2.47. The fraction of sp³-hybridized carbons (Fsp3) is 0.625. The maximum Gasteiger partial charge on any atom is 0.255 e. The Morgan fingerprint density at radius 2 is 2.10 bits per heavy atom. The minimum absolute atomic E-state index is 0.161. The molecule has 2 heterocycles. The Labute approximate surface area is 128 Å². The number of piperidine rings is 1. The van der Waals surface area contributed by atoms with Crippen molar-refractivity contribution in [2.45, 2.75) is 45.1 Å². The number of rotatable bonds is 1. The van der Waals surface area contributed by atoms with Crippen molar-refractivity contribution >= 4 is 21.8 Å². The van der Waals surface area contributed by atoms with E-state index in [4.69, 9.17) is 0 Å². The van der Waals surface area contributed by atoms with Crippen LogP contribution in [0.1, 0.15) is 49.4 Å². The van der Waals surface area contributed by atoms with Gasteiger partial charge in [0.25, 0.3) is 5.91 Å². The molecule has 3 unspecified atom stereocenters. The molecule has 4 heteroatoms. The Morgan fingerprint density at radius 1 is 1.30 bits per heavy atom. The third-order valence-corrected chi connectivity index (χ3v) is 5.44. The van der Waals surface area contributed by atoms with Crippen molar-refractivity contribution in [3.63, 3.8) is 0 Å². The summed E-state index contributed by atoms with van der Waals surface area (Å²) in [5, 5.41) is 0. The molecule has 0 bridgehead atoms. The Balaban J connectivity index is 1.81. The first-order chi connectivity index (χ1) is 9.66. The highest BCUT2D eigenvalue weighted by molar-refractivity contribution is 9.10. The second kappa shape index (κ2) is 5.84. The lowest BCUT2D eigenvalue weighted by atomic mass is 9.72. The molecule has 1 aromatic heterocycles. The summed E-state index contributed by atoms with van der Waals surface area (Å²) in [6.07, 6.45) is 7.86. The fourth-order valence-electron chi connectivity index (χ4n) is 3.83. The number of halogens is 1. The molecule has 3 rings (SSSR count). The zero-order valence-corrected chi connectivity index (χ0v) is 13.5. The highest BCUT2D eigenvalue weighted by atomic mass is 79.9. The van der Waals surface area contributed by atoms with Crippen LogP contribution in [0.15, 0.2) is 22.9 Å². The van der Waals surface area contributed by atoms with Crippen LogP contribution >= 0.6 is 15.9 Å². The van der Waals surface area contributed by atoms with Gasteiger partial charge in [-0.2, -0.15) is 0 Å². The summed E-state index contributed by atoms with van der Waals surface area (Å²) in [5.74, 6) is 1.62. The van der Waals surface area contributed by atoms with E-state index in [2.05, 4.69) is 32.7 Å². The molecular weight excluding hydrogens is 316 g/mol. The quantitative estimate of drug-likeness (QED) is 0.729. The van der Waals surface area contributed by atoms with Crippen molar-refractivity contribution in [1.29, 1.82) is 0 Å². The minimum atomic E-state index is 0.161. The van der Waals surface area contributed by atoms with Crippen molar-refractivity contribution in [2.75, 3.05) is 6.54 Å².